The number of aryl methyl sites for hydroxylation is 1. The second-order valence-corrected chi connectivity index (χ2v) is 34.7. The Morgan fingerprint density at radius 1 is 0.508 bits per heavy atom. The molecule has 634 valence electrons. The first-order chi connectivity index (χ1) is 59.7. The molecule has 29 nitrogen and oxygen atoms in total. The second-order valence-electron chi connectivity index (χ2n) is 34.7. The first kappa shape index (κ1) is 81.8. The molecule has 1 saturated carbocycles. The van der Waals surface area contributed by atoms with E-state index < -0.39 is 0 Å². The zero-order chi connectivity index (χ0) is 83.2. The number of hydrogen-bond donors (Lipinski definition) is 7. The number of piperidine rings is 3. The van der Waals surface area contributed by atoms with Gasteiger partial charge < -0.3 is 65.8 Å². The maximum Gasteiger partial charge on any atom is 0.263 e. The monoisotopic (exact) mass is 1640 g/mol. The predicted molar refractivity (Wildman–Crippen MR) is 481 cm³/mol. The van der Waals surface area contributed by atoms with E-state index in [1.54, 1.807) is 21.5 Å². The van der Waals surface area contributed by atoms with Crippen molar-refractivity contribution in [1.82, 2.24) is 109 Å². The number of fused-ring (bicyclic) bond motifs is 3. The zero-order valence-corrected chi connectivity index (χ0v) is 70.8. The van der Waals surface area contributed by atoms with Crippen LogP contribution in [-0.2, 0) is 18.3 Å². The summed E-state index contributed by atoms with van der Waals surface area (Å²) >= 11 is 0. The number of ether oxygens (including phenoxy) is 1. The van der Waals surface area contributed by atoms with Crippen molar-refractivity contribution in [2.45, 2.75) is 145 Å². The summed E-state index contributed by atoms with van der Waals surface area (Å²) in [6.07, 6.45) is 33.4. The van der Waals surface area contributed by atoms with Crippen molar-refractivity contribution in [2.75, 3.05) is 136 Å². The van der Waals surface area contributed by atoms with E-state index in [1.165, 1.54) is 54.4 Å². The van der Waals surface area contributed by atoms with Crippen LogP contribution in [0, 0.1) is 0 Å². The van der Waals surface area contributed by atoms with Crippen LogP contribution < -0.4 is 53.9 Å². The third-order valence-corrected chi connectivity index (χ3v) is 25.8. The van der Waals surface area contributed by atoms with Crippen molar-refractivity contribution >= 4 is 73.6 Å². The minimum atomic E-state index is -0.0965. The van der Waals surface area contributed by atoms with Crippen LogP contribution in [-0.4, -0.2) is 207 Å². The van der Waals surface area contributed by atoms with E-state index in [1.807, 2.05) is 85.8 Å². The van der Waals surface area contributed by atoms with E-state index in [2.05, 4.69) is 179 Å². The Labute approximate surface area is 710 Å². The third-order valence-electron chi connectivity index (χ3n) is 25.8. The lowest BCUT2D eigenvalue weighted by atomic mass is 9.90. The maximum absolute atomic E-state index is 14.1. The van der Waals surface area contributed by atoms with Gasteiger partial charge in [-0.25, -0.2) is 34.9 Å². The zero-order valence-electron chi connectivity index (χ0n) is 70.8. The highest BCUT2D eigenvalue weighted by Crippen LogP contribution is 2.37. The van der Waals surface area contributed by atoms with Gasteiger partial charge in [0.1, 0.15) is 28.6 Å². The van der Waals surface area contributed by atoms with Crippen molar-refractivity contribution in [2.24, 2.45) is 7.05 Å². The summed E-state index contributed by atoms with van der Waals surface area (Å²) in [6, 6.07) is 31.8. The van der Waals surface area contributed by atoms with Crippen molar-refractivity contribution in [3.63, 3.8) is 0 Å². The molecule has 8 aliphatic rings. The van der Waals surface area contributed by atoms with E-state index >= 15 is 0 Å². The Kier molecular flexibility index (Phi) is 25.0. The van der Waals surface area contributed by atoms with Crippen molar-refractivity contribution in [3.05, 3.63) is 206 Å². The Morgan fingerprint density at radius 2 is 1.11 bits per heavy atom. The number of nitrogens with one attached hydrogen (secondary N) is 7. The molecule has 3 aromatic carbocycles. The van der Waals surface area contributed by atoms with Crippen molar-refractivity contribution in [3.8, 4) is 33.8 Å². The van der Waals surface area contributed by atoms with Gasteiger partial charge in [0.05, 0.1) is 53.1 Å². The molecule has 12 aromatic rings. The van der Waals surface area contributed by atoms with Gasteiger partial charge >= 0.3 is 0 Å². The van der Waals surface area contributed by atoms with E-state index in [9.17, 15) is 14.4 Å². The molecule has 7 fully saturated rings. The Balaban J connectivity index is 0.000000125. The van der Waals surface area contributed by atoms with Gasteiger partial charge in [-0.1, -0.05) is 61.7 Å². The standard InChI is InChI=1S/C32H36N8O.C31H38N8O2.C30H39N9O/c1-39-15-12-23(20-39)29-34-18-25(19-35-29)28-16-24-17-36-32(38-30(24)40(31(28)41)27-4-2-3-5-27)37-26-8-6-21(7-9-26)22-10-13-33-14-11-22;1-38-18-27(26-4-2-3-12-33-26)36-29(38)25-16-22-17-34-31(37-28(22)39(30(25)40)24-11-15-41-19-24)35-23-7-5-20(6-8-23)21-9-13-32-14-10-21;1-36(2)13-14-39-28-23(15-26(29(39)40)27-19-38(20-33-27)25-5-4-11-31-17-25)16-32-30(35-28)34-24-8-6-21(7-9-24)22-10-12-37(3)18-22/h6-10,16-19,23,27,33H,2-5,11-15,20H2,1H3,(H,36,37,38);5-8,16-18,21,24,26,32-33H,2-4,9-15,19H2,1H3,(H,34,35,37);6-9,15-16,19-20,22,25,31H,4-5,10-14,17-18H2,1-3H3,(H,32,34,35). The maximum atomic E-state index is 14.1. The summed E-state index contributed by atoms with van der Waals surface area (Å²) in [5, 5.41) is 26.3. The van der Waals surface area contributed by atoms with Crippen LogP contribution in [0.3, 0.4) is 0 Å². The Morgan fingerprint density at radius 3 is 1.70 bits per heavy atom. The number of hydrogen-bond acceptors (Lipinski definition) is 24. The van der Waals surface area contributed by atoms with Crippen LogP contribution >= 0.6 is 0 Å². The number of likely N-dealkylation sites (tertiary alicyclic amines) is 2. The molecule has 0 amide bonds. The summed E-state index contributed by atoms with van der Waals surface area (Å²) in [4.78, 5) is 96.1. The minimum absolute atomic E-state index is 0.0365. The van der Waals surface area contributed by atoms with Crippen LogP contribution in [0.25, 0.3) is 72.4 Å². The van der Waals surface area contributed by atoms with Gasteiger partial charge in [-0.05, 0) is 240 Å². The number of imidazole rings is 2. The normalized spacial score (nSPS) is 20.6. The second kappa shape index (κ2) is 37.3. The summed E-state index contributed by atoms with van der Waals surface area (Å²) in [5.41, 5.74) is 14.0. The quantitative estimate of drug-likeness (QED) is 0.0373. The predicted octanol–water partition coefficient (Wildman–Crippen LogP) is 12.4. The molecule has 7 N–H and O–H groups in total. The third kappa shape index (κ3) is 18.5. The van der Waals surface area contributed by atoms with Crippen LogP contribution in [0.15, 0.2) is 161 Å². The minimum Gasteiger partial charge on any atom is -0.379 e. The smallest absolute Gasteiger partial charge is 0.263 e. The molecule has 9 aromatic heterocycles. The molecule has 0 bridgehead atoms. The number of nitrogens with zero attached hydrogens (tertiary/aromatic N) is 18. The lowest BCUT2D eigenvalue weighted by Crippen LogP contribution is -2.31. The van der Waals surface area contributed by atoms with Gasteiger partial charge in [0.25, 0.3) is 16.7 Å². The molecular formula is C93H113N25O4. The average molecular weight is 1650 g/mol. The number of likely N-dealkylation sites (N-methyl/N-ethyl adjacent to an activating group) is 3. The fourth-order valence-electron chi connectivity index (χ4n) is 18.9. The van der Waals surface area contributed by atoms with Gasteiger partial charge in [0, 0.05) is 153 Å². The molecule has 0 radical (unpaired) electrons. The molecule has 29 heteroatoms. The van der Waals surface area contributed by atoms with Gasteiger partial charge in [0.2, 0.25) is 17.8 Å². The molecule has 6 saturated heterocycles. The molecular weight excluding hydrogens is 1530 g/mol. The molecule has 0 spiro atoms. The highest BCUT2D eigenvalue weighted by atomic mass is 16.5. The molecule has 1 aliphatic carbocycles. The first-order valence-electron chi connectivity index (χ1n) is 44.1. The first-order valence-corrected chi connectivity index (χ1v) is 44.1. The average Bonchev–Trinajstić information content (AvgIpc) is 1.40. The number of anilines is 6. The van der Waals surface area contributed by atoms with Gasteiger partial charge in [0.15, 0.2) is 0 Å². The van der Waals surface area contributed by atoms with Crippen LogP contribution in [0.1, 0.15) is 166 Å². The van der Waals surface area contributed by atoms with Crippen LogP contribution in [0.2, 0.25) is 0 Å². The topological polar surface area (TPSA) is 308 Å². The molecule has 5 unspecified atom stereocenters. The fraction of sp³-hybridized carbons (Fsp3) is 0.452. The SMILES string of the molecule is CN(C)CCn1c(=O)c(-c2cn(C3CCCNC3)cn2)cc2cnc(Nc3ccc(C4CCN(C)C4)cc3)nc21.CN1CCC(c2ncc(-c3cc4cnc(Nc5ccc(C6=CCNCC6)cc5)nc4n(C4CCCC4)c3=O)cn2)C1.Cn1cc(C2CCCCN2)nc1-c1cc2cnc(Nc3ccc(C4CCNCC4)cc3)nc2n(C2CCOC2)c1=O. The highest BCUT2D eigenvalue weighted by Gasteiger charge is 2.31. The van der Waals surface area contributed by atoms with E-state index in [4.69, 9.17) is 24.7 Å². The summed E-state index contributed by atoms with van der Waals surface area (Å²) in [5.74, 6) is 4.49. The lowest BCUT2D eigenvalue weighted by Gasteiger charge is -2.23. The Hall–Kier alpha value is -11.2. The number of aromatic nitrogens is 15. The van der Waals surface area contributed by atoms with Crippen LogP contribution in [0.4, 0.5) is 34.9 Å². The van der Waals surface area contributed by atoms with Gasteiger partial charge in [-0.2, -0.15) is 15.0 Å². The Bertz CT molecular complexity index is 5870. The molecule has 5 atom stereocenters. The van der Waals surface area contributed by atoms with Crippen molar-refractivity contribution in [1.29, 1.82) is 0 Å². The summed E-state index contributed by atoms with van der Waals surface area (Å²) < 4.78 is 15.3. The fourth-order valence-corrected chi connectivity index (χ4v) is 18.9. The van der Waals surface area contributed by atoms with E-state index in [0.29, 0.717) is 113 Å². The molecule has 122 heavy (non-hydrogen) atoms. The number of rotatable bonds is 20. The van der Waals surface area contributed by atoms with Gasteiger partial charge in [-0.15, -0.1) is 0 Å². The summed E-state index contributed by atoms with van der Waals surface area (Å²) in [7, 11) is 10.3. The van der Waals surface area contributed by atoms with Crippen molar-refractivity contribution < 1.29 is 4.74 Å². The highest BCUT2D eigenvalue weighted by molar-refractivity contribution is 5.84. The summed E-state index contributed by atoms with van der Waals surface area (Å²) in [6.45, 7) is 13.7. The van der Waals surface area contributed by atoms with E-state index in [0.717, 1.165) is 187 Å². The number of benzene rings is 3. The molecule has 16 heterocycles. The van der Waals surface area contributed by atoms with Gasteiger partial charge in [-0.3, -0.25) is 28.1 Å². The molecule has 20 rings (SSSR count). The van der Waals surface area contributed by atoms with E-state index in [-0.39, 0.29) is 34.8 Å². The largest absolute Gasteiger partial charge is 0.379 e. The molecule has 7 aliphatic heterocycles. The number of pyridine rings is 3. The lowest BCUT2D eigenvalue weighted by molar-refractivity contribution is 0.186. The van der Waals surface area contributed by atoms with Crippen LogP contribution in [0.5, 0.6) is 0 Å².